The van der Waals surface area contributed by atoms with Crippen molar-refractivity contribution in [2.45, 2.75) is 42.2 Å². The van der Waals surface area contributed by atoms with Crippen molar-refractivity contribution in [3.8, 4) is 0 Å². The lowest BCUT2D eigenvalue weighted by Gasteiger charge is -2.30. The third-order valence-corrected chi connectivity index (χ3v) is 3.95. The molecule has 0 N–H and O–H groups in total. The molecule has 1 saturated carbocycles. The van der Waals surface area contributed by atoms with E-state index >= 15 is 0 Å². The van der Waals surface area contributed by atoms with Gasteiger partial charge in [0, 0.05) is 3.92 Å². The fourth-order valence-corrected chi connectivity index (χ4v) is 2.00. The molecule has 2 heteroatoms. The molecule has 1 rings (SSSR count). The standard InChI is InChI=1S/C7H12FI/c1-7(8)5-3-2-4-6(7)9/h6H,2-5H2,1H3. The maximum absolute atomic E-state index is 13.3. The molecule has 1 aliphatic carbocycles. The molecule has 0 aromatic carbocycles. The molecular weight excluding hydrogens is 230 g/mol. The minimum Gasteiger partial charge on any atom is -0.243 e. The molecule has 1 fully saturated rings. The van der Waals surface area contributed by atoms with Crippen molar-refractivity contribution in [3.63, 3.8) is 0 Å². The van der Waals surface area contributed by atoms with E-state index in [1.54, 1.807) is 6.92 Å². The summed E-state index contributed by atoms with van der Waals surface area (Å²) in [6.45, 7) is 1.73. The predicted octanol–water partition coefficient (Wildman–Crippen LogP) is 3.09. The van der Waals surface area contributed by atoms with Gasteiger partial charge >= 0.3 is 0 Å². The molecule has 9 heavy (non-hydrogen) atoms. The van der Waals surface area contributed by atoms with Gasteiger partial charge in [-0.1, -0.05) is 35.4 Å². The van der Waals surface area contributed by atoms with Crippen LogP contribution in [0.1, 0.15) is 32.6 Å². The van der Waals surface area contributed by atoms with E-state index in [9.17, 15) is 4.39 Å². The first-order valence-electron chi connectivity index (χ1n) is 3.46. The lowest BCUT2D eigenvalue weighted by Crippen LogP contribution is -2.33. The second-order valence-corrected chi connectivity index (χ2v) is 4.50. The highest BCUT2D eigenvalue weighted by molar-refractivity contribution is 14.1. The Morgan fingerprint density at radius 2 is 2.22 bits per heavy atom. The van der Waals surface area contributed by atoms with Gasteiger partial charge < -0.3 is 0 Å². The highest BCUT2D eigenvalue weighted by Crippen LogP contribution is 2.36. The predicted molar refractivity (Wildman–Crippen MR) is 45.8 cm³/mol. The van der Waals surface area contributed by atoms with E-state index in [1.165, 1.54) is 6.42 Å². The quantitative estimate of drug-likeness (QED) is 0.452. The number of hydrogen-bond donors (Lipinski definition) is 0. The zero-order valence-corrected chi connectivity index (χ0v) is 7.82. The number of rotatable bonds is 0. The van der Waals surface area contributed by atoms with Gasteiger partial charge in [-0.3, -0.25) is 0 Å². The fourth-order valence-electron chi connectivity index (χ4n) is 1.25. The molecular formula is C7H12FI. The minimum atomic E-state index is -0.876. The molecule has 2 atom stereocenters. The Labute approximate surface area is 69.4 Å². The Morgan fingerprint density at radius 1 is 1.56 bits per heavy atom. The third-order valence-electron chi connectivity index (χ3n) is 2.03. The molecule has 0 aromatic rings. The zero-order chi connectivity index (χ0) is 6.91. The van der Waals surface area contributed by atoms with Crippen LogP contribution in [0.25, 0.3) is 0 Å². The number of hydrogen-bond acceptors (Lipinski definition) is 0. The van der Waals surface area contributed by atoms with Crippen LogP contribution in [0.5, 0.6) is 0 Å². The van der Waals surface area contributed by atoms with Crippen LogP contribution in [0.15, 0.2) is 0 Å². The first kappa shape index (κ1) is 7.76. The molecule has 0 aliphatic heterocycles. The highest BCUT2D eigenvalue weighted by Gasteiger charge is 2.34. The number of halogens is 2. The molecule has 0 aromatic heterocycles. The van der Waals surface area contributed by atoms with Gasteiger partial charge in [0.05, 0.1) is 0 Å². The molecule has 0 saturated heterocycles. The van der Waals surface area contributed by atoms with E-state index in [1.807, 2.05) is 0 Å². The van der Waals surface area contributed by atoms with Gasteiger partial charge in [0.15, 0.2) is 0 Å². The van der Waals surface area contributed by atoms with Crippen molar-refractivity contribution >= 4 is 22.6 Å². The Morgan fingerprint density at radius 3 is 2.56 bits per heavy atom. The molecule has 0 heterocycles. The Kier molecular flexibility index (Phi) is 2.35. The van der Waals surface area contributed by atoms with Gasteiger partial charge in [0.25, 0.3) is 0 Å². The van der Waals surface area contributed by atoms with Crippen LogP contribution in [0.4, 0.5) is 4.39 Å². The average molecular weight is 242 g/mol. The van der Waals surface area contributed by atoms with E-state index in [0.29, 0.717) is 0 Å². The third kappa shape index (κ3) is 1.79. The van der Waals surface area contributed by atoms with E-state index in [-0.39, 0.29) is 3.92 Å². The van der Waals surface area contributed by atoms with Crippen molar-refractivity contribution < 1.29 is 4.39 Å². The van der Waals surface area contributed by atoms with Crippen LogP contribution >= 0.6 is 22.6 Å². The van der Waals surface area contributed by atoms with Crippen molar-refractivity contribution in [3.05, 3.63) is 0 Å². The maximum Gasteiger partial charge on any atom is 0.120 e. The first-order chi connectivity index (χ1) is 4.13. The lowest BCUT2D eigenvalue weighted by molar-refractivity contribution is 0.145. The van der Waals surface area contributed by atoms with Crippen LogP contribution < -0.4 is 0 Å². The summed E-state index contributed by atoms with van der Waals surface area (Å²) in [4.78, 5) is 0. The summed E-state index contributed by atoms with van der Waals surface area (Å²) in [7, 11) is 0. The lowest BCUT2D eigenvalue weighted by atomic mass is 9.88. The summed E-state index contributed by atoms with van der Waals surface area (Å²) in [6, 6.07) is 0. The second kappa shape index (κ2) is 2.72. The molecule has 0 nitrogen and oxygen atoms in total. The van der Waals surface area contributed by atoms with Gasteiger partial charge in [0.2, 0.25) is 0 Å². The van der Waals surface area contributed by atoms with E-state index in [2.05, 4.69) is 22.6 Å². The van der Waals surface area contributed by atoms with Crippen LogP contribution in [-0.2, 0) is 0 Å². The van der Waals surface area contributed by atoms with Gasteiger partial charge in [-0.2, -0.15) is 0 Å². The minimum absolute atomic E-state index is 0.254. The van der Waals surface area contributed by atoms with Crippen LogP contribution in [0.2, 0.25) is 0 Å². The van der Waals surface area contributed by atoms with Crippen molar-refractivity contribution in [2.75, 3.05) is 0 Å². The molecule has 1 aliphatic rings. The largest absolute Gasteiger partial charge is 0.243 e. The van der Waals surface area contributed by atoms with Gasteiger partial charge in [-0.05, 0) is 19.8 Å². The monoisotopic (exact) mass is 242 g/mol. The number of alkyl halides is 2. The molecule has 2 unspecified atom stereocenters. The second-order valence-electron chi connectivity index (χ2n) is 2.99. The van der Waals surface area contributed by atoms with Crippen molar-refractivity contribution in [2.24, 2.45) is 0 Å². The summed E-state index contributed by atoms with van der Waals surface area (Å²) in [5.41, 5.74) is -0.876. The van der Waals surface area contributed by atoms with Gasteiger partial charge in [-0.25, -0.2) is 4.39 Å². The normalized spacial score (nSPS) is 45.0. The van der Waals surface area contributed by atoms with E-state index in [0.717, 1.165) is 19.3 Å². The summed E-state index contributed by atoms with van der Waals surface area (Å²) in [5, 5.41) is 0. The summed E-state index contributed by atoms with van der Waals surface area (Å²) >= 11 is 2.22. The maximum atomic E-state index is 13.3. The van der Waals surface area contributed by atoms with Crippen molar-refractivity contribution in [1.82, 2.24) is 0 Å². The fraction of sp³-hybridized carbons (Fsp3) is 1.00. The molecule has 0 radical (unpaired) electrons. The topological polar surface area (TPSA) is 0 Å². The molecule has 0 spiro atoms. The summed E-state index contributed by atoms with van der Waals surface area (Å²) < 4.78 is 13.5. The van der Waals surface area contributed by atoms with E-state index in [4.69, 9.17) is 0 Å². The van der Waals surface area contributed by atoms with Crippen LogP contribution in [0, 0.1) is 0 Å². The van der Waals surface area contributed by atoms with Crippen LogP contribution in [-0.4, -0.2) is 9.59 Å². The van der Waals surface area contributed by atoms with Crippen molar-refractivity contribution in [1.29, 1.82) is 0 Å². The first-order valence-corrected chi connectivity index (χ1v) is 4.70. The van der Waals surface area contributed by atoms with Gasteiger partial charge in [0.1, 0.15) is 5.67 Å². The van der Waals surface area contributed by atoms with Crippen LogP contribution in [0.3, 0.4) is 0 Å². The SMILES string of the molecule is CC1(F)CCCCC1I. The Hall–Kier alpha value is 0.660. The summed E-state index contributed by atoms with van der Waals surface area (Å²) in [6.07, 6.45) is 4.12. The zero-order valence-electron chi connectivity index (χ0n) is 5.66. The van der Waals surface area contributed by atoms with E-state index < -0.39 is 5.67 Å². The highest BCUT2D eigenvalue weighted by atomic mass is 127. The summed E-state index contributed by atoms with van der Waals surface area (Å²) in [5.74, 6) is 0. The Bertz CT molecular complexity index is 101. The smallest absolute Gasteiger partial charge is 0.120 e. The van der Waals surface area contributed by atoms with Gasteiger partial charge in [-0.15, -0.1) is 0 Å². The molecule has 0 bridgehead atoms. The Balaban J connectivity index is 2.49. The molecule has 0 amide bonds. The molecule has 54 valence electrons. The average Bonchev–Trinajstić information content (AvgIpc) is 1.77.